The van der Waals surface area contributed by atoms with Gasteiger partial charge in [-0.2, -0.15) is 0 Å². The first-order chi connectivity index (χ1) is 13.6. The third-order valence-corrected chi connectivity index (χ3v) is 4.18. The van der Waals surface area contributed by atoms with E-state index in [0.717, 1.165) is 0 Å². The maximum atomic E-state index is 12.0. The third kappa shape index (κ3) is 3.77. The summed E-state index contributed by atoms with van der Waals surface area (Å²) in [6.45, 7) is -0.286. The molecule has 4 rings (SSSR count). The number of nitrogens with zero attached hydrogens (tertiary/aromatic N) is 2. The molecule has 0 fully saturated rings. The summed E-state index contributed by atoms with van der Waals surface area (Å²) >= 11 is 6.09. The van der Waals surface area contributed by atoms with Gasteiger partial charge < -0.3 is 19.5 Å². The first kappa shape index (κ1) is 17.9. The number of carbonyl (C=O) groups is 2. The number of hydrogen-bond donors (Lipinski definition) is 1. The predicted octanol–water partition coefficient (Wildman–Crippen LogP) is 2.91. The monoisotopic (exact) mass is 399 g/mol. The van der Waals surface area contributed by atoms with E-state index in [1.807, 2.05) is 12.1 Å². The van der Waals surface area contributed by atoms with Crippen molar-refractivity contribution in [2.45, 2.75) is 0 Å². The van der Waals surface area contributed by atoms with Gasteiger partial charge >= 0.3 is 5.97 Å². The summed E-state index contributed by atoms with van der Waals surface area (Å²) in [5.74, 6) is -0.000467. The van der Waals surface area contributed by atoms with Crippen LogP contribution in [0.1, 0.15) is 5.69 Å². The molecule has 1 amide bonds. The lowest BCUT2D eigenvalue weighted by molar-refractivity contribution is -0.142. The number of esters is 1. The van der Waals surface area contributed by atoms with Gasteiger partial charge in [-0.05, 0) is 30.3 Å². The van der Waals surface area contributed by atoms with Crippen LogP contribution < -0.4 is 14.8 Å². The van der Waals surface area contributed by atoms with Crippen LogP contribution in [-0.2, 0) is 14.3 Å². The van der Waals surface area contributed by atoms with Crippen molar-refractivity contribution >= 4 is 40.9 Å². The smallest absolute Gasteiger partial charge is 0.331 e. The first-order valence-electron chi connectivity index (χ1n) is 8.27. The maximum Gasteiger partial charge on any atom is 0.331 e. The normalized spacial score (nSPS) is 12.5. The Labute approximate surface area is 164 Å². The van der Waals surface area contributed by atoms with Gasteiger partial charge in [-0.3, -0.25) is 9.20 Å². The van der Waals surface area contributed by atoms with Crippen molar-refractivity contribution in [2.75, 3.05) is 18.7 Å². The topological polar surface area (TPSA) is 91.2 Å². The minimum atomic E-state index is -0.678. The quantitative estimate of drug-likeness (QED) is 0.524. The molecule has 1 aromatic carbocycles. The Balaban J connectivity index is 1.33. The highest BCUT2D eigenvalue weighted by atomic mass is 35.5. The van der Waals surface area contributed by atoms with E-state index in [1.54, 1.807) is 34.9 Å². The summed E-state index contributed by atoms with van der Waals surface area (Å²) in [6, 6.07) is 10.4. The van der Waals surface area contributed by atoms with E-state index in [0.29, 0.717) is 28.5 Å². The number of carbonyl (C=O) groups excluding carboxylic acids is 2. The molecule has 8 nitrogen and oxygen atoms in total. The number of rotatable bonds is 5. The molecule has 0 spiro atoms. The average molecular weight is 400 g/mol. The molecule has 0 unspecified atom stereocenters. The van der Waals surface area contributed by atoms with E-state index in [4.69, 9.17) is 25.8 Å². The molecule has 0 aliphatic carbocycles. The third-order valence-electron chi connectivity index (χ3n) is 3.90. The first-order valence-corrected chi connectivity index (χ1v) is 8.65. The highest BCUT2D eigenvalue weighted by molar-refractivity contribution is 6.31. The molecule has 0 atom stereocenters. The van der Waals surface area contributed by atoms with E-state index in [2.05, 4.69) is 10.3 Å². The Morgan fingerprint density at radius 1 is 1.25 bits per heavy atom. The SMILES string of the molecule is O=C(COC(=O)/C=C/c1c(Cl)nc2ccccn12)Nc1ccc2c(c1)OCO2. The molecule has 28 heavy (non-hydrogen) atoms. The largest absolute Gasteiger partial charge is 0.454 e. The fourth-order valence-corrected chi connectivity index (χ4v) is 2.88. The number of imidazole rings is 1. The molecular formula is C19H14ClN3O5. The van der Waals surface area contributed by atoms with E-state index in [-0.39, 0.29) is 11.9 Å². The number of anilines is 1. The molecule has 0 radical (unpaired) electrons. The zero-order valence-electron chi connectivity index (χ0n) is 14.4. The van der Waals surface area contributed by atoms with Gasteiger partial charge in [-0.25, -0.2) is 9.78 Å². The van der Waals surface area contributed by atoms with Gasteiger partial charge in [0, 0.05) is 24.0 Å². The Morgan fingerprint density at radius 3 is 3.00 bits per heavy atom. The van der Waals surface area contributed by atoms with Gasteiger partial charge in [0.15, 0.2) is 23.3 Å². The summed E-state index contributed by atoms with van der Waals surface area (Å²) in [6.07, 6.45) is 4.45. The highest BCUT2D eigenvalue weighted by Gasteiger charge is 2.14. The zero-order valence-corrected chi connectivity index (χ0v) is 15.2. The fraction of sp³-hybridized carbons (Fsp3) is 0.105. The highest BCUT2D eigenvalue weighted by Crippen LogP contribution is 2.34. The van der Waals surface area contributed by atoms with Crippen molar-refractivity contribution in [3.05, 3.63) is 59.5 Å². The Hall–Kier alpha value is -3.52. The minimum absolute atomic E-state index is 0.146. The van der Waals surface area contributed by atoms with Crippen LogP contribution in [0.25, 0.3) is 11.7 Å². The Morgan fingerprint density at radius 2 is 2.11 bits per heavy atom. The van der Waals surface area contributed by atoms with E-state index < -0.39 is 18.5 Å². The van der Waals surface area contributed by atoms with Crippen molar-refractivity contribution in [3.63, 3.8) is 0 Å². The van der Waals surface area contributed by atoms with E-state index in [9.17, 15) is 9.59 Å². The van der Waals surface area contributed by atoms with Gasteiger partial charge in [0.1, 0.15) is 5.65 Å². The minimum Gasteiger partial charge on any atom is -0.454 e. The second-order valence-corrected chi connectivity index (χ2v) is 6.13. The standard InChI is InChI=1S/C19H14ClN3O5/c20-19-13(23-8-2-1-3-16(23)22-19)5-7-18(25)26-10-17(24)21-12-4-6-14-15(9-12)28-11-27-14/h1-9H,10-11H2,(H,21,24)/b7-5+. The molecule has 1 aliphatic heterocycles. The summed E-state index contributed by atoms with van der Waals surface area (Å²) < 4.78 is 17.1. The van der Waals surface area contributed by atoms with E-state index >= 15 is 0 Å². The number of benzene rings is 1. The molecule has 0 saturated heterocycles. The van der Waals surface area contributed by atoms with Crippen LogP contribution in [0.3, 0.4) is 0 Å². The summed E-state index contributed by atoms with van der Waals surface area (Å²) in [5, 5.41) is 2.88. The molecule has 1 N–H and O–H groups in total. The van der Waals surface area contributed by atoms with Gasteiger partial charge in [-0.15, -0.1) is 0 Å². The number of hydrogen-bond acceptors (Lipinski definition) is 6. The zero-order chi connectivity index (χ0) is 19.5. The number of fused-ring (bicyclic) bond motifs is 2. The molecule has 2 aromatic heterocycles. The number of amides is 1. The molecule has 0 bridgehead atoms. The number of nitrogens with one attached hydrogen (secondary N) is 1. The Bertz CT molecular complexity index is 1090. The molecule has 1 aliphatic rings. The van der Waals surface area contributed by atoms with Crippen molar-refractivity contribution in [1.29, 1.82) is 0 Å². The van der Waals surface area contributed by atoms with Gasteiger partial charge in [0.05, 0.1) is 5.69 Å². The van der Waals surface area contributed by atoms with Gasteiger partial charge in [-0.1, -0.05) is 17.7 Å². The molecule has 0 saturated carbocycles. The van der Waals surface area contributed by atoms with Crippen LogP contribution in [0.5, 0.6) is 11.5 Å². The summed E-state index contributed by atoms with van der Waals surface area (Å²) in [5.41, 5.74) is 1.71. The van der Waals surface area contributed by atoms with Gasteiger partial charge in [0.25, 0.3) is 5.91 Å². The molecule has 3 heterocycles. The van der Waals surface area contributed by atoms with Crippen LogP contribution in [0.2, 0.25) is 5.15 Å². The lowest BCUT2D eigenvalue weighted by Crippen LogP contribution is -2.20. The molecule has 9 heteroatoms. The number of halogens is 1. The summed E-state index contributed by atoms with van der Waals surface area (Å²) in [7, 11) is 0. The van der Waals surface area contributed by atoms with Crippen molar-refractivity contribution in [2.24, 2.45) is 0 Å². The van der Waals surface area contributed by atoms with Crippen LogP contribution in [0.15, 0.2) is 48.7 Å². The van der Waals surface area contributed by atoms with E-state index in [1.165, 1.54) is 12.2 Å². The second-order valence-electron chi connectivity index (χ2n) is 5.77. The van der Waals surface area contributed by atoms with Crippen molar-refractivity contribution in [3.8, 4) is 11.5 Å². The average Bonchev–Trinajstić information content (AvgIpc) is 3.27. The lowest BCUT2D eigenvalue weighted by atomic mass is 10.3. The van der Waals surface area contributed by atoms with Crippen molar-refractivity contribution < 1.29 is 23.8 Å². The second kappa shape index (κ2) is 7.61. The molecule has 142 valence electrons. The lowest BCUT2D eigenvalue weighted by Gasteiger charge is -2.06. The molecular weight excluding hydrogens is 386 g/mol. The van der Waals surface area contributed by atoms with Crippen LogP contribution in [-0.4, -0.2) is 34.7 Å². The van der Waals surface area contributed by atoms with Crippen LogP contribution >= 0.6 is 11.6 Å². The maximum absolute atomic E-state index is 12.0. The van der Waals surface area contributed by atoms with Gasteiger partial charge in [0.2, 0.25) is 6.79 Å². The van der Waals surface area contributed by atoms with Crippen molar-refractivity contribution in [1.82, 2.24) is 9.38 Å². The fourth-order valence-electron chi connectivity index (χ4n) is 2.64. The predicted molar refractivity (Wildman–Crippen MR) is 101 cm³/mol. The number of ether oxygens (including phenoxy) is 3. The van der Waals surface area contributed by atoms with Crippen LogP contribution in [0.4, 0.5) is 5.69 Å². The Kier molecular flexibility index (Phi) is 4.86. The number of aromatic nitrogens is 2. The molecule has 3 aromatic rings. The number of pyridine rings is 1. The summed E-state index contributed by atoms with van der Waals surface area (Å²) in [4.78, 5) is 28.0. The van der Waals surface area contributed by atoms with Crippen LogP contribution in [0, 0.1) is 0 Å².